The maximum Gasteiger partial charge on any atom is 0.256 e. The number of hydrogen-bond acceptors (Lipinski definition) is 4. The lowest BCUT2D eigenvalue weighted by molar-refractivity contribution is 0.0712. The van der Waals surface area contributed by atoms with Gasteiger partial charge < -0.3 is 14.6 Å². The molecule has 0 radical (unpaired) electrons. The molecule has 1 aliphatic rings. The maximum atomic E-state index is 13.0. The Morgan fingerprint density at radius 3 is 2.86 bits per heavy atom. The van der Waals surface area contributed by atoms with Crippen molar-refractivity contribution in [3.05, 3.63) is 59.3 Å². The fourth-order valence-electron chi connectivity index (χ4n) is 3.96. The lowest BCUT2D eigenvalue weighted by Gasteiger charge is -2.32. The number of carbonyl (C=O) groups is 1. The second kappa shape index (κ2) is 8.10. The SMILES string of the molecule is CCOCc1cnc(C)nc1C1CCN(C(=O)c2c[nH]c3ccccc23)CC1. The number of amides is 1. The van der Waals surface area contributed by atoms with E-state index in [0.29, 0.717) is 19.1 Å². The largest absolute Gasteiger partial charge is 0.377 e. The molecule has 1 amide bonds. The van der Waals surface area contributed by atoms with Gasteiger partial charge in [0.2, 0.25) is 0 Å². The fourth-order valence-corrected chi connectivity index (χ4v) is 3.96. The number of ether oxygens (including phenoxy) is 1. The summed E-state index contributed by atoms with van der Waals surface area (Å²) in [6.07, 6.45) is 5.53. The average molecular weight is 378 g/mol. The number of carbonyl (C=O) groups excluding carboxylic acids is 1. The predicted molar refractivity (Wildman–Crippen MR) is 108 cm³/mol. The predicted octanol–water partition coefficient (Wildman–Crippen LogP) is 3.82. The molecule has 1 saturated heterocycles. The molecule has 4 rings (SSSR count). The molecule has 1 aromatic carbocycles. The summed E-state index contributed by atoms with van der Waals surface area (Å²) in [6.45, 7) is 6.60. The molecule has 28 heavy (non-hydrogen) atoms. The van der Waals surface area contributed by atoms with Crippen molar-refractivity contribution in [2.75, 3.05) is 19.7 Å². The average Bonchev–Trinajstić information content (AvgIpc) is 3.16. The third-order valence-corrected chi connectivity index (χ3v) is 5.47. The molecular weight excluding hydrogens is 352 g/mol. The highest BCUT2D eigenvalue weighted by atomic mass is 16.5. The van der Waals surface area contributed by atoms with Crippen molar-refractivity contribution in [1.82, 2.24) is 19.9 Å². The monoisotopic (exact) mass is 378 g/mol. The molecule has 146 valence electrons. The number of H-pyrrole nitrogens is 1. The van der Waals surface area contributed by atoms with Crippen molar-refractivity contribution in [2.45, 2.75) is 39.2 Å². The molecule has 0 atom stereocenters. The van der Waals surface area contributed by atoms with Gasteiger partial charge in [0.05, 0.1) is 17.9 Å². The summed E-state index contributed by atoms with van der Waals surface area (Å²) in [5.41, 5.74) is 3.90. The zero-order valence-corrected chi connectivity index (χ0v) is 16.4. The fraction of sp³-hybridized carbons (Fsp3) is 0.409. The Morgan fingerprint density at radius 2 is 2.07 bits per heavy atom. The van der Waals surface area contributed by atoms with E-state index in [4.69, 9.17) is 9.72 Å². The minimum absolute atomic E-state index is 0.101. The minimum Gasteiger partial charge on any atom is -0.377 e. The molecular formula is C22H26N4O2. The zero-order valence-electron chi connectivity index (χ0n) is 16.4. The Balaban J connectivity index is 1.48. The number of aromatic nitrogens is 3. The van der Waals surface area contributed by atoms with Gasteiger partial charge in [0, 0.05) is 54.5 Å². The maximum absolute atomic E-state index is 13.0. The summed E-state index contributed by atoms with van der Waals surface area (Å²) in [4.78, 5) is 27.2. The van der Waals surface area contributed by atoms with Gasteiger partial charge in [-0.2, -0.15) is 0 Å². The Kier molecular flexibility index (Phi) is 5.39. The van der Waals surface area contributed by atoms with Crippen molar-refractivity contribution in [2.24, 2.45) is 0 Å². The highest BCUT2D eigenvalue weighted by molar-refractivity contribution is 6.06. The first-order chi connectivity index (χ1) is 13.7. The molecule has 3 aromatic rings. The highest BCUT2D eigenvalue weighted by Gasteiger charge is 2.28. The van der Waals surface area contributed by atoms with Gasteiger partial charge in [0.25, 0.3) is 5.91 Å². The molecule has 0 unspecified atom stereocenters. The Labute approximate surface area is 164 Å². The van der Waals surface area contributed by atoms with Crippen LogP contribution in [-0.4, -0.2) is 45.5 Å². The van der Waals surface area contributed by atoms with E-state index in [9.17, 15) is 4.79 Å². The summed E-state index contributed by atoms with van der Waals surface area (Å²) in [5, 5.41) is 0.986. The molecule has 0 aliphatic carbocycles. The molecule has 1 aliphatic heterocycles. The van der Waals surface area contributed by atoms with Crippen LogP contribution in [0.5, 0.6) is 0 Å². The molecule has 3 heterocycles. The van der Waals surface area contributed by atoms with Crippen molar-refractivity contribution in [1.29, 1.82) is 0 Å². The lowest BCUT2D eigenvalue weighted by Crippen LogP contribution is -2.38. The lowest BCUT2D eigenvalue weighted by atomic mass is 9.90. The smallest absolute Gasteiger partial charge is 0.256 e. The van der Waals surface area contributed by atoms with Crippen LogP contribution in [0.1, 0.15) is 53.1 Å². The van der Waals surface area contributed by atoms with Crippen LogP contribution >= 0.6 is 0 Å². The second-order valence-electron chi connectivity index (χ2n) is 7.28. The van der Waals surface area contributed by atoms with Gasteiger partial charge in [-0.3, -0.25) is 4.79 Å². The van der Waals surface area contributed by atoms with E-state index in [0.717, 1.165) is 59.5 Å². The molecule has 0 spiro atoms. The van der Waals surface area contributed by atoms with Crippen LogP contribution in [0.4, 0.5) is 0 Å². The van der Waals surface area contributed by atoms with Crippen LogP contribution in [0.3, 0.4) is 0 Å². The number of nitrogens with zero attached hydrogens (tertiary/aromatic N) is 3. The molecule has 6 heteroatoms. The number of piperidine rings is 1. The van der Waals surface area contributed by atoms with Gasteiger partial charge in [-0.1, -0.05) is 18.2 Å². The summed E-state index contributed by atoms with van der Waals surface area (Å²) in [5.74, 6) is 1.22. The number of rotatable bonds is 5. The van der Waals surface area contributed by atoms with E-state index in [1.807, 2.05) is 55.4 Å². The summed E-state index contributed by atoms with van der Waals surface area (Å²) in [7, 11) is 0. The Hall–Kier alpha value is -2.73. The van der Waals surface area contributed by atoms with E-state index in [1.165, 1.54) is 0 Å². The van der Waals surface area contributed by atoms with Crippen molar-refractivity contribution in [3.8, 4) is 0 Å². The number of aromatic amines is 1. The number of nitrogens with one attached hydrogen (secondary N) is 1. The Bertz CT molecular complexity index is 974. The van der Waals surface area contributed by atoms with Crippen molar-refractivity contribution in [3.63, 3.8) is 0 Å². The quantitative estimate of drug-likeness (QED) is 0.733. The standard InChI is InChI=1S/C22H26N4O2/c1-3-28-14-17-12-23-15(2)25-21(17)16-8-10-26(11-9-16)22(27)19-13-24-20-7-5-4-6-18(19)20/h4-7,12-13,16,24H,3,8-11,14H2,1-2H3. The molecule has 0 saturated carbocycles. The summed E-state index contributed by atoms with van der Waals surface area (Å²) in [6, 6.07) is 7.93. The van der Waals surface area contributed by atoms with E-state index in [2.05, 4.69) is 9.97 Å². The molecule has 6 nitrogen and oxygen atoms in total. The Morgan fingerprint density at radius 1 is 1.29 bits per heavy atom. The minimum atomic E-state index is 0.101. The van der Waals surface area contributed by atoms with Crippen LogP contribution in [0.25, 0.3) is 10.9 Å². The zero-order chi connectivity index (χ0) is 19.5. The third kappa shape index (κ3) is 3.64. The number of benzene rings is 1. The van der Waals surface area contributed by atoms with Gasteiger partial charge in [-0.05, 0) is 32.8 Å². The highest BCUT2D eigenvalue weighted by Crippen LogP contribution is 2.30. The van der Waals surface area contributed by atoms with Crippen LogP contribution in [0.15, 0.2) is 36.7 Å². The number of likely N-dealkylation sites (tertiary alicyclic amines) is 1. The molecule has 1 fully saturated rings. The van der Waals surface area contributed by atoms with Crippen molar-refractivity contribution < 1.29 is 9.53 Å². The molecule has 1 N–H and O–H groups in total. The van der Waals surface area contributed by atoms with Crippen LogP contribution < -0.4 is 0 Å². The van der Waals surface area contributed by atoms with Gasteiger partial charge >= 0.3 is 0 Å². The number of aryl methyl sites for hydroxylation is 1. The van der Waals surface area contributed by atoms with Gasteiger partial charge in [-0.25, -0.2) is 9.97 Å². The second-order valence-corrected chi connectivity index (χ2v) is 7.28. The number of fused-ring (bicyclic) bond motifs is 1. The number of para-hydroxylation sites is 1. The molecule has 2 aromatic heterocycles. The number of hydrogen-bond donors (Lipinski definition) is 1. The first-order valence-corrected chi connectivity index (χ1v) is 9.93. The van der Waals surface area contributed by atoms with Crippen LogP contribution in [-0.2, 0) is 11.3 Å². The van der Waals surface area contributed by atoms with Crippen LogP contribution in [0.2, 0.25) is 0 Å². The van der Waals surface area contributed by atoms with E-state index < -0.39 is 0 Å². The van der Waals surface area contributed by atoms with E-state index >= 15 is 0 Å². The van der Waals surface area contributed by atoms with Gasteiger partial charge in [-0.15, -0.1) is 0 Å². The first kappa shape index (κ1) is 18.6. The van der Waals surface area contributed by atoms with Gasteiger partial charge in [0.1, 0.15) is 5.82 Å². The third-order valence-electron chi connectivity index (χ3n) is 5.47. The molecule has 0 bridgehead atoms. The first-order valence-electron chi connectivity index (χ1n) is 9.93. The van der Waals surface area contributed by atoms with E-state index in [1.54, 1.807) is 0 Å². The van der Waals surface area contributed by atoms with Crippen molar-refractivity contribution >= 4 is 16.8 Å². The summed E-state index contributed by atoms with van der Waals surface area (Å²) < 4.78 is 5.59. The topological polar surface area (TPSA) is 71.1 Å². The van der Waals surface area contributed by atoms with Gasteiger partial charge in [0.15, 0.2) is 0 Å². The van der Waals surface area contributed by atoms with Crippen LogP contribution in [0, 0.1) is 6.92 Å². The summed E-state index contributed by atoms with van der Waals surface area (Å²) >= 11 is 0. The van der Waals surface area contributed by atoms with E-state index in [-0.39, 0.29) is 5.91 Å². The normalized spacial score (nSPS) is 15.3.